The molecule has 1 unspecified atom stereocenters. The minimum absolute atomic E-state index is 0.0198. The second-order valence-electron chi connectivity index (χ2n) is 9.37. The summed E-state index contributed by atoms with van der Waals surface area (Å²) in [7, 11) is 0. The third kappa shape index (κ3) is 4.33. The molecule has 2 aliphatic heterocycles. The average molecular weight is 513 g/mol. The molecule has 2 aromatic carbocycles. The number of aliphatic hydroxyl groups excluding tert-OH is 1. The Morgan fingerprint density at radius 2 is 2.05 bits per heavy atom. The number of phenolic OH excluding ortho intramolecular Hbond substituents is 1. The van der Waals surface area contributed by atoms with Crippen LogP contribution in [0, 0.1) is 5.82 Å². The van der Waals surface area contributed by atoms with E-state index in [1.54, 1.807) is 29.4 Å². The van der Waals surface area contributed by atoms with Crippen molar-refractivity contribution >= 4 is 11.6 Å². The van der Waals surface area contributed by atoms with Crippen LogP contribution in [-0.2, 0) is 19.6 Å². The summed E-state index contributed by atoms with van der Waals surface area (Å²) in [6, 6.07) is 11.0. The zero-order chi connectivity index (χ0) is 26.2. The minimum Gasteiger partial charge on any atom is -0.507 e. The van der Waals surface area contributed by atoms with E-state index in [0.29, 0.717) is 16.8 Å². The largest absolute Gasteiger partial charge is 0.507 e. The summed E-state index contributed by atoms with van der Waals surface area (Å²) in [6.07, 6.45) is 7.38. The first-order chi connectivity index (χ1) is 18.5. The summed E-state index contributed by atoms with van der Waals surface area (Å²) in [5, 5.41) is 29.1. The molecule has 4 aromatic rings. The van der Waals surface area contributed by atoms with Crippen LogP contribution in [0.5, 0.6) is 5.75 Å². The van der Waals surface area contributed by atoms with E-state index >= 15 is 0 Å². The summed E-state index contributed by atoms with van der Waals surface area (Å²) in [4.78, 5) is 22.2. The Labute approximate surface area is 217 Å². The number of benzene rings is 2. The molecule has 38 heavy (non-hydrogen) atoms. The molecule has 1 amide bonds. The number of fused-ring (bicyclic) bond motifs is 1. The lowest BCUT2D eigenvalue weighted by Crippen LogP contribution is -2.28. The van der Waals surface area contributed by atoms with Gasteiger partial charge in [0.25, 0.3) is 5.91 Å². The number of pyridine rings is 1. The Morgan fingerprint density at radius 1 is 1.16 bits per heavy atom. The number of hydrazone groups is 1. The highest BCUT2D eigenvalue weighted by Gasteiger charge is 2.37. The van der Waals surface area contributed by atoms with Crippen molar-refractivity contribution in [1.82, 2.24) is 24.9 Å². The van der Waals surface area contributed by atoms with E-state index in [2.05, 4.69) is 32.5 Å². The summed E-state index contributed by atoms with van der Waals surface area (Å²) in [5.41, 5.74) is 5.18. The molecule has 4 heterocycles. The second kappa shape index (κ2) is 9.81. The van der Waals surface area contributed by atoms with Crippen molar-refractivity contribution in [2.45, 2.75) is 32.0 Å². The Bertz CT molecular complexity index is 1550. The van der Waals surface area contributed by atoms with Crippen molar-refractivity contribution in [2.24, 2.45) is 5.10 Å². The molecule has 0 saturated carbocycles. The van der Waals surface area contributed by atoms with Crippen LogP contribution < -0.4 is 5.32 Å². The average Bonchev–Trinajstić information content (AvgIpc) is 3.61. The third-order valence-electron chi connectivity index (χ3n) is 6.97. The van der Waals surface area contributed by atoms with E-state index in [-0.39, 0.29) is 30.0 Å². The Kier molecular flexibility index (Phi) is 6.18. The van der Waals surface area contributed by atoms with Gasteiger partial charge in [-0.1, -0.05) is 12.1 Å². The monoisotopic (exact) mass is 512 g/mol. The molecule has 2 aliphatic rings. The lowest BCUT2D eigenvalue weighted by atomic mass is 9.97. The zero-order valence-electron chi connectivity index (χ0n) is 20.4. The van der Waals surface area contributed by atoms with Gasteiger partial charge in [-0.2, -0.15) is 5.10 Å². The molecular formula is C28H25FN6O3. The van der Waals surface area contributed by atoms with E-state index in [1.165, 1.54) is 40.5 Å². The smallest absolute Gasteiger partial charge is 0.294 e. The molecule has 10 heteroatoms. The third-order valence-corrected chi connectivity index (χ3v) is 6.97. The number of rotatable bonds is 5. The van der Waals surface area contributed by atoms with Crippen LogP contribution in [0.1, 0.15) is 50.8 Å². The first-order valence-corrected chi connectivity index (χ1v) is 12.3. The zero-order valence-corrected chi connectivity index (χ0v) is 20.4. The molecule has 3 N–H and O–H groups in total. The normalized spacial score (nSPS) is 16.8. The standard InChI is InChI=1S/C28H25FN6O3/c29-22-2-1-3-26(37)27(22)25-10-23(20-8-17(15-36)11-31-13-20)33-35(25)28(38)24-14-34(16-32-24)21-5-4-19-12-30-7-6-18(19)9-21/h1-5,8-9,11,13-14,16,25,30,36-37H,6-7,10,12,15H2. The molecule has 0 aliphatic carbocycles. The molecule has 0 spiro atoms. The number of nitrogens with one attached hydrogen (secondary N) is 1. The SMILES string of the molecule is O=C(c1cn(-c2ccc3c(c2)CCNC3)cn1)N1N=C(c2cncc(CO)c2)CC1c1c(O)cccc1F. The number of amides is 1. The van der Waals surface area contributed by atoms with Crippen LogP contribution in [0.3, 0.4) is 0 Å². The number of halogens is 1. The van der Waals surface area contributed by atoms with Gasteiger partial charge < -0.3 is 20.1 Å². The number of aromatic hydroxyl groups is 1. The number of hydrogen-bond donors (Lipinski definition) is 3. The van der Waals surface area contributed by atoms with E-state index in [9.17, 15) is 19.4 Å². The Morgan fingerprint density at radius 3 is 2.89 bits per heavy atom. The summed E-state index contributed by atoms with van der Waals surface area (Å²) < 4.78 is 16.7. The predicted molar refractivity (Wildman–Crippen MR) is 137 cm³/mol. The van der Waals surface area contributed by atoms with Crippen LogP contribution in [0.15, 0.2) is 72.5 Å². The number of imidazole rings is 1. The van der Waals surface area contributed by atoms with Gasteiger partial charge in [0.2, 0.25) is 0 Å². The molecular weight excluding hydrogens is 487 g/mol. The van der Waals surface area contributed by atoms with Crippen LogP contribution in [-0.4, -0.2) is 47.9 Å². The van der Waals surface area contributed by atoms with Gasteiger partial charge in [0.1, 0.15) is 23.6 Å². The molecule has 0 radical (unpaired) electrons. The maximum absolute atomic E-state index is 14.9. The highest BCUT2D eigenvalue weighted by molar-refractivity contribution is 6.04. The van der Waals surface area contributed by atoms with E-state index in [0.717, 1.165) is 25.2 Å². The molecule has 0 saturated heterocycles. The number of aliphatic hydroxyl groups is 1. The number of carbonyl (C=O) groups is 1. The van der Waals surface area contributed by atoms with Crippen LogP contribution >= 0.6 is 0 Å². The van der Waals surface area contributed by atoms with Gasteiger partial charge >= 0.3 is 0 Å². The Balaban J connectivity index is 1.36. The highest BCUT2D eigenvalue weighted by atomic mass is 19.1. The number of nitrogens with zero attached hydrogens (tertiary/aromatic N) is 5. The van der Waals surface area contributed by atoms with Crippen LogP contribution in [0.4, 0.5) is 4.39 Å². The van der Waals surface area contributed by atoms with E-state index in [1.807, 2.05) is 6.07 Å². The first-order valence-electron chi connectivity index (χ1n) is 12.3. The maximum Gasteiger partial charge on any atom is 0.294 e. The fraction of sp³-hybridized carbons (Fsp3) is 0.214. The quantitative estimate of drug-likeness (QED) is 0.378. The lowest BCUT2D eigenvalue weighted by molar-refractivity contribution is 0.0701. The highest BCUT2D eigenvalue weighted by Crippen LogP contribution is 2.39. The summed E-state index contributed by atoms with van der Waals surface area (Å²) >= 11 is 0. The van der Waals surface area contributed by atoms with E-state index < -0.39 is 17.8 Å². The van der Waals surface area contributed by atoms with Crippen molar-refractivity contribution in [3.8, 4) is 11.4 Å². The summed E-state index contributed by atoms with van der Waals surface area (Å²) in [5.74, 6) is -1.43. The van der Waals surface area contributed by atoms with Crippen molar-refractivity contribution in [3.05, 3.63) is 107 Å². The van der Waals surface area contributed by atoms with Crippen molar-refractivity contribution in [1.29, 1.82) is 0 Å². The van der Waals surface area contributed by atoms with Gasteiger partial charge in [-0.25, -0.2) is 14.4 Å². The van der Waals surface area contributed by atoms with Crippen LogP contribution in [0.2, 0.25) is 0 Å². The fourth-order valence-corrected chi connectivity index (χ4v) is 5.00. The number of phenols is 1. The molecule has 1 atom stereocenters. The molecule has 9 nitrogen and oxygen atoms in total. The topological polar surface area (TPSA) is 116 Å². The van der Waals surface area contributed by atoms with Gasteiger partial charge in [-0.15, -0.1) is 0 Å². The van der Waals surface area contributed by atoms with Gasteiger partial charge in [0.15, 0.2) is 0 Å². The molecule has 6 rings (SSSR count). The second-order valence-corrected chi connectivity index (χ2v) is 9.37. The van der Waals surface area contributed by atoms with Crippen molar-refractivity contribution in [3.63, 3.8) is 0 Å². The van der Waals surface area contributed by atoms with E-state index in [4.69, 9.17) is 0 Å². The van der Waals surface area contributed by atoms with Gasteiger partial charge in [-0.05, 0) is 60.0 Å². The number of carbonyl (C=O) groups excluding carboxylic acids is 1. The van der Waals surface area contributed by atoms with Gasteiger partial charge in [0.05, 0.1) is 23.9 Å². The molecule has 192 valence electrons. The predicted octanol–water partition coefficient (Wildman–Crippen LogP) is 3.24. The summed E-state index contributed by atoms with van der Waals surface area (Å²) in [6.45, 7) is 1.55. The van der Waals surface area contributed by atoms with Crippen molar-refractivity contribution < 1.29 is 19.4 Å². The molecule has 0 fully saturated rings. The molecule has 0 bridgehead atoms. The fourth-order valence-electron chi connectivity index (χ4n) is 5.00. The first kappa shape index (κ1) is 24.0. The molecule has 2 aromatic heterocycles. The lowest BCUT2D eigenvalue weighted by Gasteiger charge is -2.22. The van der Waals surface area contributed by atoms with Gasteiger partial charge in [-0.3, -0.25) is 9.78 Å². The minimum atomic E-state index is -0.891. The number of aromatic nitrogens is 3. The maximum atomic E-state index is 14.9. The Hall–Kier alpha value is -4.41. The van der Waals surface area contributed by atoms with Crippen LogP contribution in [0.25, 0.3) is 5.69 Å². The van der Waals surface area contributed by atoms with Gasteiger partial charge in [0, 0.05) is 42.8 Å². The number of hydrogen-bond acceptors (Lipinski definition) is 7. The van der Waals surface area contributed by atoms with Crippen molar-refractivity contribution in [2.75, 3.05) is 6.54 Å².